The Morgan fingerprint density at radius 2 is 2.00 bits per heavy atom. The molecule has 1 aromatic carbocycles. The van der Waals surface area contributed by atoms with Crippen LogP contribution in [0.2, 0.25) is 0 Å². The van der Waals surface area contributed by atoms with E-state index in [1.165, 1.54) is 0 Å². The van der Waals surface area contributed by atoms with E-state index >= 15 is 0 Å². The number of carbonyl (C=O) groups excluding carboxylic acids is 2. The Balaban J connectivity index is 1.78. The van der Waals surface area contributed by atoms with E-state index in [4.69, 9.17) is 0 Å². The van der Waals surface area contributed by atoms with Crippen LogP contribution in [0, 0.1) is 5.41 Å². The maximum absolute atomic E-state index is 13.2. The van der Waals surface area contributed by atoms with E-state index in [2.05, 4.69) is 0 Å². The lowest BCUT2D eigenvalue weighted by Crippen LogP contribution is -2.55. The molecule has 1 N–H and O–H groups in total. The van der Waals surface area contributed by atoms with Gasteiger partial charge >= 0.3 is 0 Å². The third-order valence-corrected chi connectivity index (χ3v) is 5.68. The molecule has 0 unspecified atom stereocenters. The van der Waals surface area contributed by atoms with Crippen LogP contribution in [0.1, 0.15) is 36.0 Å². The van der Waals surface area contributed by atoms with Crippen molar-refractivity contribution in [2.45, 2.75) is 25.7 Å². The maximum Gasteiger partial charge on any atom is 0.255 e. The Bertz CT molecular complexity index is 676. The van der Waals surface area contributed by atoms with Crippen molar-refractivity contribution in [1.29, 1.82) is 0 Å². The lowest BCUT2D eigenvalue weighted by molar-refractivity contribution is -0.139. The van der Waals surface area contributed by atoms with Crippen LogP contribution in [0.3, 0.4) is 0 Å². The second kappa shape index (κ2) is 7.66. The Morgan fingerprint density at radius 1 is 1.23 bits per heavy atom. The monoisotopic (exact) mass is 359 g/mol. The van der Waals surface area contributed by atoms with Crippen molar-refractivity contribution in [3.05, 3.63) is 29.8 Å². The molecule has 142 valence electrons. The van der Waals surface area contributed by atoms with Crippen molar-refractivity contribution < 1.29 is 14.7 Å². The highest BCUT2D eigenvalue weighted by atomic mass is 16.3. The van der Waals surface area contributed by atoms with Gasteiger partial charge in [0.2, 0.25) is 5.91 Å². The molecule has 0 aromatic heterocycles. The molecule has 26 heavy (non-hydrogen) atoms. The molecule has 2 amide bonds. The first-order chi connectivity index (χ1) is 12.5. The molecule has 6 heteroatoms. The van der Waals surface area contributed by atoms with Crippen molar-refractivity contribution in [1.82, 2.24) is 9.80 Å². The molecule has 0 aliphatic carbocycles. The number of hydrogen-bond donors (Lipinski definition) is 1. The Hall–Kier alpha value is -2.08. The fourth-order valence-electron chi connectivity index (χ4n) is 4.36. The van der Waals surface area contributed by atoms with Crippen LogP contribution in [0.15, 0.2) is 24.3 Å². The molecule has 3 rings (SSSR count). The molecule has 2 fully saturated rings. The number of hydrogen-bond acceptors (Lipinski definition) is 4. The first-order valence-electron chi connectivity index (χ1n) is 9.40. The van der Waals surface area contributed by atoms with Gasteiger partial charge in [-0.3, -0.25) is 9.59 Å². The van der Waals surface area contributed by atoms with E-state index in [1.807, 2.05) is 48.2 Å². The molecule has 0 radical (unpaired) electrons. The van der Waals surface area contributed by atoms with Crippen LogP contribution in [-0.4, -0.2) is 73.6 Å². The van der Waals surface area contributed by atoms with E-state index < -0.39 is 0 Å². The van der Waals surface area contributed by atoms with E-state index in [0.29, 0.717) is 26.1 Å². The molecule has 2 aliphatic heterocycles. The normalized spacial score (nSPS) is 23.4. The molecule has 2 heterocycles. The minimum atomic E-state index is -0.0376. The zero-order valence-electron chi connectivity index (χ0n) is 15.8. The van der Waals surface area contributed by atoms with Crippen LogP contribution in [-0.2, 0) is 4.79 Å². The number of nitrogens with zero attached hydrogens (tertiary/aromatic N) is 3. The summed E-state index contributed by atoms with van der Waals surface area (Å²) in [6, 6.07) is 7.71. The van der Waals surface area contributed by atoms with Gasteiger partial charge < -0.3 is 19.8 Å². The summed E-state index contributed by atoms with van der Waals surface area (Å²) >= 11 is 0. The number of β-amino-alcohol motifs (C(OH)–C–C–N with tert-alkyl or cyclic N) is 1. The molecular formula is C20H29N3O3. The molecule has 1 atom stereocenters. The topological polar surface area (TPSA) is 64.1 Å². The van der Waals surface area contributed by atoms with Gasteiger partial charge in [-0.1, -0.05) is 12.1 Å². The average Bonchev–Trinajstić information content (AvgIpc) is 2.64. The summed E-state index contributed by atoms with van der Waals surface area (Å²) in [5.41, 5.74) is 1.62. The molecule has 6 nitrogen and oxygen atoms in total. The highest BCUT2D eigenvalue weighted by molar-refractivity contribution is 5.99. The van der Waals surface area contributed by atoms with E-state index in [1.54, 1.807) is 4.90 Å². The molecular weight excluding hydrogens is 330 g/mol. The average molecular weight is 359 g/mol. The fourth-order valence-corrected chi connectivity index (χ4v) is 4.36. The second-order valence-corrected chi connectivity index (χ2v) is 7.78. The molecule has 0 saturated carbocycles. The molecule has 2 saturated heterocycles. The van der Waals surface area contributed by atoms with Crippen molar-refractivity contribution >= 4 is 17.5 Å². The van der Waals surface area contributed by atoms with Crippen LogP contribution in [0.25, 0.3) is 0 Å². The van der Waals surface area contributed by atoms with Gasteiger partial charge in [0.05, 0.1) is 12.2 Å². The first-order valence-corrected chi connectivity index (χ1v) is 9.40. The van der Waals surface area contributed by atoms with Crippen molar-refractivity contribution in [2.75, 3.05) is 51.8 Å². The van der Waals surface area contributed by atoms with E-state index in [-0.39, 0.29) is 23.8 Å². The smallest absolute Gasteiger partial charge is 0.255 e. The zero-order chi connectivity index (χ0) is 18.7. The third-order valence-electron chi connectivity index (χ3n) is 5.68. The molecule has 1 aromatic rings. The first kappa shape index (κ1) is 18.7. The van der Waals surface area contributed by atoms with Crippen molar-refractivity contribution in [3.8, 4) is 0 Å². The minimum absolute atomic E-state index is 0.0132. The van der Waals surface area contributed by atoms with Gasteiger partial charge in [0, 0.05) is 57.8 Å². The zero-order valence-corrected chi connectivity index (χ0v) is 15.8. The summed E-state index contributed by atoms with van der Waals surface area (Å²) < 4.78 is 0. The predicted molar refractivity (Wildman–Crippen MR) is 101 cm³/mol. The number of amides is 2. The molecule has 0 bridgehead atoms. The standard InChI is InChI=1S/C20H29N3O3/c1-21(2)17-7-4-3-6-16(17)19(26)23-11-5-9-20(15-23)10-8-18(25)22(14-20)12-13-24/h3-4,6-7,24H,5,8-15H2,1-2H3/t20-/m1/s1. The van der Waals surface area contributed by atoms with Crippen LogP contribution < -0.4 is 4.90 Å². The van der Waals surface area contributed by atoms with E-state index in [0.717, 1.165) is 37.1 Å². The number of benzene rings is 1. The minimum Gasteiger partial charge on any atom is -0.395 e. The summed E-state index contributed by atoms with van der Waals surface area (Å²) in [4.78, 5) is 31.0. The molecule has 1 spiro atoms. The Labute approximate surface area is 155 Å². The maximum atomic E-state index is 13.2. The van der Waals surface area contributed by atoms with Crippen LogP contribution >= 0.6 is 0 Å². The molecule has 2 aliphatic rings. The number of carbonyl (C=O) groups is 2. The van der Waals surface area contributed by atoms with Crippen LogP contribution in [0.4, 0.5) is 5.69 Å². The highest BCUT2D eigenvalue weighted by Gasteiger charge is 2.42. The predicted octanol–water partition coefficient (Wildman–Crippen LogP) is 1.59. The van der Waals surface area contributed by atoms with E-state index in [9.17, 15) is 14.7 Å². The van der Waals surface area contributed by atoms with Gasteiger partial charge in [0.1, 0.15) is 0 Å². The summed E-state index contributed by atoms with van der Waals surface area (Å²) in [6.45, 7) is 2.46. The van der Waals surface area contributed by atoms with Gasteiger partial charge in [0.25, 0.3) is 5.91 Å². The Kier molecular flexibility index (Phi) is 5.51. The fraction of sp³-hybridized carbons (Fsp3) is 0.600. The second-order valence-electron chi connectivity index (χ2n) is 7.78. The number of para-hydroxylation sites is 1. The van der Waals surface area contributed by atoms with Crippen molar-refractivity contribution in [3.63, 3.8) is 0 Å². The third kappa shape index (κ3) is 3.70. The number of aliphatic hydroxyl groups excluding tert-OH is 1. The van der Waals surface area contributed by atoms with Gasteiger partial charge in [-0.25, -0.2) is 0 Å². The van der Waals surface area contributed by atoms with Gasteiger partial charge in [-0.2, -0.15) is 0 Å². The summed E-state index contributed by atoms with van der Waals surface area (Å²) in [5.74, 6) is 0.185. The van der Waals surface area contributed by atoms with Crippen molar-refractivity contribution in [2.24, 2.45) is 5.41 Å². The van der Waals surface area contributed by atoms with Gasteiger partial charge in [0.15, 0.2) is 0 Å². The van der Waals surface area contributed by atoms with Crippen LogP contribution in [0.5, 0.6) is 0 Å². The highest BCUT2D eigenvalue weighted by Crippen LogP contribution is 2.39. The lowest BCUT2D eigenvalue weighted by atomic mass is 9.73. The number of rotatable bonds is 4. The SMILES string of the molecule is CN(C)c1ccccc1C(=O)N1CCC[C@]2(CCC(=O)N(CCO)C2)C1. The van der Waals surface area contributed by atoms with Gasteiger partial charge in [-0.15, -0.1) is 0 Å². The van der Waals surface area contributed by atoms with Gasteiger partial charge in [-0.05, 0) is 31.4 Å². The summed E-state index contributed by atoms with van der Waals surface area (Å²) in [5, 5.41) is 9.23. The largest absolute Gasteiger partial charge is 0.395 e. The number of piperidine rings is 2. The summed E-state index contributed by atoms with van der Waals surface area (Å²) in [6.07, 6.45) is 3.32. The number of aliphatic hydroxyl groups is 1. The number of likely N-dealkylation sites (tertiary alicyclic amines) is 2. The number of anilines is 1. The Morgan fingerprint density at radius 3 is 2.73 bits per heavy atom. The lowest BCUT2D eigenvalue weighted by Gasteiger charge is -2.48. The quantitative estimate of drug-likeness (QED) is 0.887. The summed E-state index contributed by atoms with van der Waals surface area (Å²) in [7, 11) is 3.90.